The molecule has 0 unspecified atom stereocenters. The lowest BCUT2D eigenvalue weighted by Gasteiger charge is -2.34. The Kier molecular flexibility index (Phi) is 8.95. The van der Waals surface area contributed by atoms with Crippen LogP contribution in [0.2, 0.25) is 0 Å². The van der Waals surface area contributed by atoms with Crippen molar-refractivity contribution in [3.63, 3.8) is 0 Å². The Morgan fingerprint density at radius 2 is 1.97 bits per heavy atom. The highest BCUT2D eigenvalue weighted by Crippen LogP contribution is 2.29. The highest BCUT2D eigenvalue weighted by Gasteiger charge is 2.26. The second-order valence-corrected chi connectivity index (χ2v) is 10.2. The summed E-state index contributed by atoms with van der Waals surface area (Å²) in [6.45, 7) is 11.7. The van der Waals surface area contributed by atoms with Gasteiger partial charge in [0, 0.05) is 36.8 Å². The number of fused-ring (bicyclic) bond motifs is 1. The maximum atomic E-state index is 11.5. The molecule has 182 valence electrons. The van der Waals surface area contributed by atoms with Crippen LogP contribution < -0.4 is 4.74 Å². The number of piperidine rings is 1. The number of ether oxygens (including phenoxy) is 1. The third kappa shape index (κ3) is 7.32. The van der Waals surface area contributed by atoms with Gasteiger partial charge in [-0.3, -0.25) is 4.98 Å². The van der Waals surface area contributed by atoms with Gasteiger partial charge >= 0.3 is 6.09 Å². The van der Waals surface area contributed by atoms with Crippen LogP contribution >= 0.6 is 0 Å². The summed E-state index contributed by atoms with van der Waals surface area (Å²) < 4.78 is 6.50. The average Bonchev–Trinajstić information content (AvgIpc) is 2.77. The quantitative estimate of drug-likeness (QED) is 0.447. The zero-order valence-electron chi connectivity index (χ0n) is 20.8. The van der Waals surface area contributed by atoms with Crippen molar-refractivity contribution in [2.75, 3.05) is 26.2 Å². The predicted octanol–water partition coefficient (Wildman–Crippen LogP) is 5.98. The molecular weight excluding hydrogens is 414 g/mol. The molecule has 2 heterocycles. The monoisotopic (exact) mass is 455 g/mol. The topological polar surface area (TPSA) is 65.9 Å². The number of nitrogens with zero attached hydrogens (tertiary/aromatic N) is 3. The fraction of sp³-hybridized carbons (Fsp3) is 0.630. The van der Waals surface area contributed by atoms with Gasteiger partial charge in [-0.2, -0.15) is 0 Å². The molecule has 0 spiro atoms. The van der Waals surface area contributed by atoms with E-state index in [9.17, 15) is 9.90 Å². The molecule has 0 bridgehead atoms. The molecule has 1 aliphatic rings. The number of aromatic nitrogens is 1. The number of hydrogen-bond acceptors (Lipinski definition) is 4. The molecule has 0 atom stereocenters. The molecule has 0 radical (unpaired) electrons. The molecule has 1 fully saturated rings. The first-order valence-electron chi connectivity index (χ1n) is 12.5. The molecule has 1 aromatic carbocycles. The first-order chi connectivity index (χ1) is 15.8. The standard InChI is InChI=1S/C27H41N3O3/c1-5-6-10-21-19-22-11-9-14-28-25(22)24(20-21)33-23-12-17-29(18-13-23)15-7-8-16-30(26(31)32)27(2,3)4/h9,11,14,19-20,23H,5-8,10,12-13,15-18H2,1-4H3,(H,31,32). The number of benzene rings is 1. The zero-order chi connectivity index (χ0) is 23.8. The van der Waals surface area contributed by atoms with Crippen LogP contribution in [0.15, 0.2) is 30.5 Å². The van der Waals surface area contributed by atoms with Gasteiger partial charge in [0.25, 0.3) is 0 Å². The van der Waals surface area contributed by atoms with Crippen LogP contribution in [0.3, 0.4) is 0 Å². The van der Waals surface area contributed by atoms with E-state index in [0.717, 1.165) is 68.4 Å². The zero-order valence-corrected chi connectivity index (χ0v) is 20.8. The molecule has 0 saturated carbocycles. The summed E-state index contributed by atoms with van der Waals surface area (Å²) in [5.41, 5.74) is 1.94. The Morgan fingerprint density at radius 1 is 1.21 bits per heavy atom. The van der Waals surface area contributed by atoms with Crippen LogP contribution in [-0.2, 0) is 6.42 Å². The number of likely N-dealkylation sites (tertiary alicyclic amines) is 1. The third-order valence-electron chi connectivity index (χ3n) is 6.52. The highest BCUT2D eigenvalue weighted by atomic mass is 16.5. The fourth-order valence-corrected chi connectivity index (χ4v) is 4.59. The molecule has 1 N–H and O–H groups in total. The van der Waals surface area contributed by atoms with Crippen LogP contribution in [0.5, 0.6) is 5.75 Å². The van der Waals surface area contributed by atoms with Crippen molar-refractivity contribution < 1.29 is 14.6 Å². The van der Waals surface area contributed by atoms with Gasteiger partial charge < -0.3 is 19.6 Å². The minimum atomic E-state index is -0.832. The number of hydrogen-bond donors (Lipinski definition) is 1. The van der Waals surface area contributed by atoms with Crippen molar-refractivity contribution in [3.05, 3.63) is 36.0 Å². The Labute approximate surface area is 198 Å². The van der Waals surface area contributed by atoms with Gasteiger partial charge in [-0.05, 0) is 89.6 Å². The van der Waals surface area contributed by atoms with Gasteiger partial charge in [0.15, 0.2) is 0 Å². The molecule has 1 amide bonds. The SMILES string of the molecule is CCCCc1cc(OC2CCN(CCCCN(C(=O)O)C(C)(C)C)CC2)c2ncccc2c1. The second kappa shape index (κ2) is 11.7. The van der Waals surface area contributed by atoms with Crippen molar-refractivity contribution in [1.29, 1.82) is 0 Å². The van der Waals surface area contributed by atoms with Gasteiger partial charge in [0.05, 0.1) is 0 Å². The van der Waals surface area contributed by atoms with E-state index in [4.69, 9.17) is 4.74 Å². The highest BCUT2D eigenvalue weighted by molar-refractivity contribution is 5.85. The molecule has 2 aromatic rings. The number of rotatable bonds is 10. The summed E-state index contributed by atoms with van der Waals surface area (Å²) in [5, 5.41) is 10.6. The molecule has 6 nitrogen and oxygen atoms in total. The van der Waals surface area contributed by atoms with E-state index in [1.807, 2.05) is 33.0 Å². The van der Waals surface area contributed by atoms with Crippen LogP contribution in [0, 0.1) is 0 Å². The predicted molar refractivity (Wildman–Crippen MR) is 134 cm³/mol. The lowest BCUT2D eigenvalue weighted by Crippen LogP contribution is -2.45. The molecular formula is C27H41N3O3. The molecule has 3 rings (SSSR count). The second-order valence-electron chi connectivity index (χ2n) is 10.2. The fourth-order valence-electron chi connectivity index (χ4n) is 4.59. The number of carbonyl (C=O) groups is 1. The smallest absolute Gasteiger partial charge is 0.407 e. The van der Waals surface area contributed by atoms with Crippen LogP contribution in [-0.4, -0.2) is 63.8 Å². The van der Waals surface area contributed by atoms with Gasteiger partial charge in [-0.1, -0.05) is 19.4 Å². The van der Waals surface area contributed by atoms with E-state index in [1.54, 1.807) is 4.90 Å². The van der Waals surface area contributed by atoms with Crippen LogP contribution in [0.1, 0.15) is 71.8 Å². The van der Waals surface area contributed by atoms with E-state index in [1.165, 1.54) is 18.4 Å². The Hall–Kier alpha value is -2.34. The summed E-state index contributed by atoms with van der Waals surface area (Å²) in [7, 11) is 0. The van der Waals surface area contributed by atoms with Crippen molar-refractivity contribution in [1.82, 2.24) is 14.8 Å². The summed E-state index contributed by atoms with van der Waals surface area (Å²) in [5.74, 6) is 0.925. The van der Waals surface area contributed by atoms with Crippen molar-refractivity contribution in [2.24, 2.45) is 0 Å². The number of unbranched alkanes of at least 4 members (excludes halogenated alkanes) is 2. The molecule has 1 aromatic heterocycles. The summed E-state index contributed by atoms with van der Waals surface area (Å²) in [6.07, 6.45) is 8.60. The minimum absolute atomic E-state index is 0.219. The molecule has 6 heteroatoms. The van der Waals surface area contributed by atoms with Crippen molar-refractivity contribution in [3.8, 4) is 5.75 Å². The van der Waals surface area contributed by atoms with Gasteiger partial charge in [-0.25, -0.2) is 4.79 Å². The molecule has 1 saturated heterocycles. The maximum absolute atomic E-state index is 11.5. The number of carboxylic acid groups (broad SMARTS) is 1. The van der Waals surface area contributed by atoms with E-state index in [-0.39, 0.29) is 11.6 Å². The maximum Gasteiger partial charge on any atom is 0.407 e. The van der Waals surface area contributed by atoms with Crippen LogP contribution in [0.25, 0.3) is 10.9 Å². The molecule has 0 aliphatic carbocycles. The lowest BCUT2D eigenvalue weighted by molar-refractivity contribution is 0.0910. The van der Waals surface area contributed by atoms with Gasteiger partial charge in [0.1, 0.15) is 17.4 Å². The summed E-state index contributed by atoms with van der Waals surface area (Å²) in [6, 6.07) is 8.56. The largest absolute Gasteiger partial charge is 0.488 e. The van der Waals surface area contributed by atoms with E-state index in [0.29, 0.717) is 6.54 Å². The number of aryl methyl sites for hydroxylation is 1. The van der Waals surface area contributed by atoms with E-state index in [2.05, 4.69) is 35.0 Å². The first kappa shape index (κ1) is 25.3. The van der Waals surface area contributed by atoms with Crippen molar-refractivity contribution >= 4 is 17.0 Å². The number of amides is 1. The van der Waals surface area contributed by atoms with E-state index < -0.39 is 6.09 Å². The summed E-state index contributed by atoms with van der Waals surface area (Å²) >= 11 is 0. The normalized spacial score (nSPS) is 15.6. The third-order valence-corrected chi connectivity index (χ3v) is 6.52. The minimum Gasteiger partial charge on any atom is -0.488 e. The average molecular weight is 456 g/mol. The summed E-state index contributed by atoms with van der Waals surface area (Å²) in [4.78, 5) is 20.1. The molecule has 33 heavy (non-hydrogen) atoms. The van der Waals surface area contributed by atoms with Gasteiger partial charge in [-0.15, -0.1) is 0 Å². The first-order valence-corrected chi connectivity index (χ1v) is 12.5. The Bertz CT molecular complexity index is 901. The Balaban J connectivity index is 1.49. The van der Waals surface area contributed by atoms with Crippen LogP contribution in [0.4, 0.5) is 4.79 Å². The van der Waals surface area contributed by atoms with Crippen molar-refractivity contribution in [2.45, 2.75) is 84.3 Å². The van der Waals surface area contributed by atoms with E-state index >= 15 is 0 Å². The number of pyridine rings is 1. The molecule has 1 aliphatic heterocycles. The van der Waals surface area contributed by atoms with Gasteiger partial charge in [0.2, 0.25) is 0 Å². The Morgan fingerprint density at radius 3 is 2.64 bits per heavy atom. The lowest BCUT2D eigenvalue weighted by atomic mass is 10.0.